The summed E-state index contributed by atoms with van der Waals surface area (Å²) in [6.07, 6.45) is 5.71. The molecule has 0 unspecified atom stereocenters. The molecule has 1 amide bonds. The van der Waals surface area contributed by atoms with Crippen molar-refractivity contribution in [3.8, 4) is 17.2 Å². The number of nitrogens with zero attached hydrogens (tertiary/aromatic N) is 1. The highest BCUT2D eigenvalue weighted by molar-refractivity contribution is 7.98. The molecule has 1 N–H and O–H groups in total. The van der Waals surface area contributed by atoms with E-state index in [0.717, 1.165) is 5.56 Å². The van der Waals surface area contributed by atoms with E-state index >= 15 is 0 Å². The van der Waals surface area contributed by atoms with Gasteiger partial charge in [-0.1, -0.05) is 24.3 Å². The first-order valence-electron chi connectivity index (χ1n) is 10.4. The smallest absolute Gasteiger partial charge is 0.328 e. The van der Waals surface area contributed by atoms with E-state index in [2.05, 4.69) is 10.3 Å². The van der Waals surface area contributed by atoms with Crippen LogP contribution in [-0.2, 0) is 16.1 Å². The highest BCUT2D eigenvalue weighted by atomic mass is 32.2. The van der Waals surface area contributed by atoms with Crippen molar-refractivity contribution in [3.05, 3.63) is 84.2 Å². The summed E-state index contributed by atoms with van der Waals surface area (Å²) in [6.45, 7) is 0.275. The summed E-state index contributed by atoms with van der Waals surface area (Å²) in [4.78, 5) is 29.3. The number of nitrogens with one attached hydrogen (secondary N) is 1. The fraction of sp³-hybridized carbons (Fsp3) is 0.240. The average Bonchev–Trinajstić information content (AvgIpc) is 2.86. The Morgan fingerprint density at radius 2 is 1.85 bits per heavy atom. The second kappa shape index (κ2) is 12.5. The van der Waals surface area contributed by atoms with Gasteiger partial charge in [-0.25, -0.2) is 4.79 Å². The molecule has 0 aliphatic carbocycles. The molecule has 3 aromatic rings. The van der Waals surface area contributed by atoms with Crippen LogP contribution in [0.3, 0.4) is 0 Å². The van der Waals surface area contributed by atoms with E-state index < -0.39 is 17.9 Å². The molecule has 0 bridgehead atoms. The van der Waals surface area contributed by atoms with Crippen molar-refractivity contribution in [2.24, 2.45) is 0 Å². The molecule has 172 valence electrons. The Labute approximate surface area is 197 Å². The van der Waals surface area contributed by atoms with E-state index in [1.165, 1.54) is 7.11 Å². The molecule has 0 spiro atoms. The summed E-state index contributed by atoms with van der Waals surface area (Å²) in [6, 6.07) is 17.3. The molecule has 0 saturated carbocycles. The van der Waals surface area contributed by atoms with Crippen molar-refractivity contribution in [2.75, 3.05) is 19.1 Å². The Balaban J connectivity index is 1.83. The number of para-hydroxylation sites is 1. The monoisotopic (exact) mass is 466 g/mol. The van der Waals surface area contributed by atoms with Gasteiger partial charge in [-0.2, -0.15) is 11.8 Å². The Bertz CT molecular complexity index is 1050. The maximum Gasteiger partial charge on any atom is 0.328 e. The predicted octanol–water partition coefficient (Wildman–Crippen LogP) is 4.48. The Hall–Kier alpha value is -3.52. The minimum Gasteiger partial charge on any atom is -0.487 e. The fourth-order valence-corrected chi connectivity index (χ4v) is 3.48. The first-order valence-corrected chi connectivity index (χ1v) is 11.8. The van der Waals surface area contributed by atoms with Gasteiger partial charge >= 0.3 is 5.97 Å². The number of ether oxygens (including phenoxy) is 3. The molecule has 1 atom stereocenters. The number of carbonyl (C=O) groups excluding carboxylic acids is 2. The normalized spacial score (nSPS) is 11.3. The number of carbonyl (C=O) groups is 2. The Morgan fingerprint density at radius 1 is 1.06 bits per heavy atom. The molecule has 0 fully saturated rings. The summed E-state index contributed by atoms with van der Waals surface area (Å²) in [5, 5.41) is 2.78. The van der Waals surface area contributed by atoms with Crippen LogP contribution in [-0.4, -0.2) is 42.0 Å². The van der Waals surface area contributed by atoms with Crippen LogP contribution in [0.15, 0.2) is 73.1 Å². The van der Waals surface area contributed by atoms with Crippen LogP contribution in [0.25, 0.3) is 0 Å². The van der Waals surface area contributed by atoms with Crippen molar-refractivity contribution in [2.45, 2.75) is 19.1 Å². The molecule has 1 heterocycles. The number of hydrogen-bond donors (Lipinski definition) is 1. The minimum atomic E-state index is -0.742. The molecule has 1 aromatic heterocycles. The van der Waals surface area contributed by atoms with Gasteiger partial charge in [0.05, 0.1) is 18.9 Å². The van der Waals surface area contributed by atoms with Crippen LogP contribution in [0.5, 0.6) is 17.2 Å². The SMILES string of the molecule is COC(=O)[C@H](CCSC)NC(=O)c1ccc(COc2cccnc2)cc1Oc1ccccc1. The molecular formula is C25H26N2O5S. The second-order valence-corrected chi connectivity index (χ2v) is 8.04. The molecular weight excluding hydrogens is 440 g/mol. The number of aromatic nitrogens is 1. The van der Waals surface area contributed by atoms with Crippen LogP contribution in [0.1, 0.15) is 22.3 Å². The molecule has 8 heteroatoms. The van der Waals surface area contributed by atoms with Gasteiger partial charge < -0.3 is 19.5 Å². The van der Waals surface area contributed by atoms with Crippen LogP contribution in [0.4, 0.5) is 0 Å². The third kappa shape index (κ3) is 7.25. The molecule has 0 radical (unpaired) electrons. The lowest BCUT2D eigenvalue weighted by Crippen LogP contribution is -2.42. The number of esters is 1. The minimum absolute atomic E-state index is 0.275. The largest absolute Gasteiger partial charge is 0.487 e. The molecule has 7 nitrogen and oxygen atoms in total. The summed E-state index contributed by atoms with van der Waals surface area (Å²) in [5.74, 6) is 1.39. The van der Waals surface area contributed by atoms with E-state index in [1.54, 1.807) is 60.6 Å². The quantitative estimate of drug-likeness (QED) is 0.417. The zero-order valence-electron chi connectivity index (χ0n) is 18.5. The van der Waals surface area contributed by atoms with Gasteiger partial charge in [0.15, 0.2) is 0 Å². The number of methoxy groups -OCH3 is 1. The molecule has 0 aliphatic heterocycles. The van der Waals surface area contributed by atoms with Crippen molar-refractivity contribution < 1.29 is 23.8 Å². The Kier molecular flexibility index (Phi) is 9.14. The molecule has 0 aliphatic rings. The zero-order valence-corrected chi connectivity index (χ0v) is 19.3. The van der Waals surface area contributed by atoms with Gasteiger partial charge in [-0.05, 0) is 60.4 Å². The van der Waals surface area contributed by atoms with E-state index in [0.29, 0.717) is 35.0 Å². The van der Waals surface area contributed by atoms with E-state index in [9.17, 15) is 9.59 Å². The topological polar surface area (TPSA) is 86.8 Å². The lowest BCUT2D eigenvalue weighted by Gasteiger charge is -2.18. The Morgan fingerprint density at radius 3 is 2.55 bits per heavy atom. The lowest BCUT2D eigenvalue weighted by atomic mass is 10.1. The predicted molar refractivity (Wildman–Crippen MR) is 128 cm³/mol. The second-order valence-electron chi connectivity index (χ2n) is 7.05. The first-order chi connectivity index (χ1) is 16.1. The fourth-order valence-electron chi connectivity index (χ4n) is 3.01. The van der Waals surface area contributed by atoms with Crippen LogP contribution in [0.2, 0.25) is 0 Å². The van der Waals surface area contributed by atoms with Gasteiger partial charge in [0.1, 0.15) is 29.9 Å². The van der Waals surface area contributed by atoms with Crippen molar-refractivity contribution >= 4 is 23.6 Å². The summed E-state index contributed by atoms with van der Waals surface area (Å²) >= 11 is 1.59. The summed E-state index contributed by atoms with van der Waals surface area (Å²) < 4.78 is 16.6. The molecule has 3 rings (SSSR count). The van der Waals surface area contributed by atoms with Crippen LogP contribution < -0.4 is 14.8 Å². The maximum absolute atomic E-state index is 13.1. The van der Waals surface area contributed by atoms with Gasteiger partial charge in [0.2, 0.25) is 0 Å². The summed E-state index contributed by atoms with van der Waals surface area (Å²) in [7, 11) is 1.31. The highest BCUT2D eigenvalue weighted by Crippen LogP contribution is 2.27. The maximum atomic E-state index is 13.1. The highest BCUT2D eigenvalue weighted by Gasteiger charge is 2.24. The van der Waals surface area contributed by atoms with E-state index in [-0.39, 0.29) is 6.61 Å². The van der Waals surface area contributed by atoms with Crippen LogP contribution >= 0.6 is 11.8 Å². The standard InChI is InChI=1S/C25H26N2O5S/c1-30-25(29)22(12-14-33-2)27-24(28)21-11-10-18(17-31-20-9-6-13-26-16-20)15-23(21)32-19-7-4-3-5-8-19/h3-11,13,15-16,22H,12,14,17H2,1-2H3,(H,27,28)/t22-/m0/s1. The number of amides is 1. The number of pyridine rings is 1. The van der Waals surface area contributed by atoms with Crippen molar-refractivity contribution in [1.82, 2.24) is 10.3 Å². The van der Waals surface area contributed by atoms with Gasteiger partial charge in [-0.3, -0.25) is 9.78 Å². The van der Waals surface area contributed by atoms with Gasteiger partial charge in [-0.15, -0.1) is 0 Å². The zero-order chi connectivity index (χ0) is 23.5. The van der Waals surface area contributed by atoms with Gasteiger partial charge in [0.25, 0.3) is 5.91 Å². The molecule has 0 saturated heterocycles. The van der Waals surface area contributed by atoms with Gasteiger partial charge in [0, 0.05) is 6.20 Å². The first kappa shape index (κ1) is 24.1. The van der Waals surface area contributed by atoms with Crippen molar-refractivity contribution in [3.63, 3.8) is 0 Å². The number of thioether (sulfide) groups is 1. The van der Waals surface area contributed by atoms with Crippen LogP contribution in [0, 0.1) is 0 Å². The third-order valence-corrected chi connectivity index (χ3v) is 5.35. The lowest BCUT2D eigenvalue weighted by molar-refractivity contribution is -0.142. The number of rotatable bonds is 11. The number of hydrogen-bond acceptors (Lipinski definition) is 7. The molecule has 33 heavy (non-hydrogen) atoms. The number of benzene rings is 2. The van der Waals surface area contributed by atoms with Crippen molar-refractivity contribution in [1.29, 1.82) is 0 Å². The van der Waals surface area contributed by atoms with E-state index in [4.69, 9.17) is 14.2 Å². The third-order valence-electron chi connectivity index (χ3n) is 4.70. The summed E-state index contributed by atoms with van der Waals surface area (Å²) in [5.41, 5.74) is 1.12. The molecule has 2 aromatic carbocycles. The average molecular weight is 467 g/mol. The van der Waals surface area contributed by atoms with E-state index in [1.807, 2.05) is 30.5 Å².